The van der Waals surface area contributed by atoms with Crippen LogP contribution in [0.5, 0.6) is 0 Å². The molecule has 126 valence electrons. The van der Waals surface area contributed by atoms with Gasteiger partial charge >= 0.3 is 0 Å². The fourth-order valence-corrected chi connectivity index (χ4v) is 3.39. The molecule has 24 heavy (non-hydrogen) atoms. The number of amides is 1. The SMILES string of the molecule is CC(=O)N(c1nc(C)cc(C)n1)S(=O)(=O)c1ccc([N+](=O)[O-])cc1. The van der Waals surface area contributed by atoms with Gasteiger partial charge in [-0.2, -0.15) is 4.31 Å². The van der Waals surface area contributed by atoms with Gasteiger partial charge in [-0.25, -0.2) is 18.4 Å². The number of anilines is 1. The molecule has 0 spiro atoms. The van der Waals surface area contributed by atoms with E-state index in [1.807, 2.05) is 0 Å². The van der Waals surface area contributed by atoms with Gasteiger partial charge in [0.25, 0.3) is 15.7 Å². The second kappa shape index (κ2) is 6.32. The minimum absolute atomic E-state index is 0.258. The van der Waals surface area contributed by atoms with Crippen LogP contribution in [0.15, 0.2) is 35.2 Å². The first-order chi connectivity index (χ1) is 11.1. The summed E-state index contributed by atoms with van der Waals surface area (Å²) in [5.41, 5.74) is 0.747. The van der Waals surface area contributed by atoms with Gasteiger partial charge in [-0.05, 0) is 32.0 Å². The molecule has 0 bridgehead atoms. The Labute approximate surface area is 138 Å². The van der Waals surface area contributed by atoms with Gasteiger partial charge in [0.2, 0.25) is 11.9 Å². The van der Waals surface area contributed by atoms with Crippen LogP contribution in [0.4, 0.5) is 11.6 Å². The number of nitrogens with zero attached hydrogens (tertiary/aromatic N) is 4. The first-order valence-electron chi connectivity index (χ1n) is 6.75. The number of carbonyl (C=O) groups excluding carboxylic acids is 1. The number of hydrogen-bond acceptors (Lipinski definition) is 7. The van der Waals surface area contributed by atoms with E-state index in [1.165, 1.54) is 0 Å². The van der Waals surface area contributed by atoms with E-state index >= 15 is 0 Å². The number of hydrogen-bond donors (Lipinski definition) is 0. The number of rotatable bonds is 4. The second-order valence-corrected chi connectivity index (χ2v) is 6.78. The summed E-state index contributed by atoms with van der Waals surface area (Å²) in [4.78, 5) is 29.7. The predicted molar refractivity (Wildman–Crippen MR) is 84.9 cm³/mol. The van der Waals surface area contributed by atoms with Crippen molar-refractivity contribution in [3.8, 4) is 0 Å². The molecule has 0 atom stereocenters. The number of nitro groups is 1. The van der Waals surface area contributed by atoms with E-state index in [9.17, 15) is 23.3 Å². The van der Waals surface area contributed by atoms with Gasteiger partial charge in [0.15, 0.2) is 0 Å². The van der Waals surface area contributed by atoms with Crippen molar-refractivity contribution in [3.63, 3.8) is 0 Å². The number of sulfonamides is 1. The quantitative estimate of drug-likeness (QED) is 0.607. The fourth-order valence-electron chi connectivity index (χ4n) is 2.06. The minimum atomic E-state index is -4.29. The van der Waals surface area contributed by atoms with Crippen molar-refractivity contribution >= 4 is 27.6 Å². The van der Waals surface area contributed by atoms with Gasteiger partial charge in [0, 0.05) is 30.4 Å². The molecule has 1 aromatic heterocycles. The number of non-ortho nitro benzene ring substituents is 1. The average molecular weight is 350 g/mol. The maximum absolute atomic E-state index is 12.7. The Kier molecular flexibility index (Phi) is 4.60. The summed E-state index contributed by atoms with van der Waals surface area (Å²) in [6.45, 7) is 4.37. The van der Waals surface area contributed by atoms with Crippen LogP contribution in [0.25, 0.3) is 0 Å². The molecule has 10 heteroatoms. The zero-order valence-corrected chi connectivity index (χ0v) is 13.9. The number of aromatic nitrogens is 2. The van der Waals surface area contributed by atoms with Crippen LogP contribution < -0.4 is 4.31 Å². The molecule has 0 aliphatic rings. The molecule has 0 unspecified atom stereocenters. The van der Waals surface area contributed by atoms with E-state index in [-0.39, 0.29) is 16.5 Å². The van der Waals surface area contributed by atoms with Gasteiger partial charge < -0.3 is 0 Å². The maximum atomic E-state index is 12.7. The molecule has 1 amide bonds. The Bertz CT molecular complexity index is 889. The van der Waals surface area contributed by atoms with E-state index in [4.69, 9.17) is 0 Å². The standard InChI is InChI=1S/C14H14N4O5S/c1-9-8-10(2)16-14(15-9)17(11(3)19)24(22,23)13-6-4-12(5-7-13)18(20)21/h4-8H,1-3H3. The molecule has 1 aromatic carbocycles. The smallest absolute Gasteiger partial charge is 0.273 e. The van der Waals surface area contributed by atoms with Gasteiger partial charge in [-0.3, -0.25) is 14.9 Å². The third-order valence-corrected chi connectivity index (χ3v) is 4.79. The van der Waals surface area contributed by atoms with Crippen molar-refractivity contribution in [1.29, 1.82) is 0 Å². The van der Waals surface area contributed by atoms with Crippen molar-refractivity contribution in [2.45, 2.75) is 25.7 Å². The second-order valence-electron chi connectivity index (χ2n) is 4.99. The summed E-state index contributed by atoms with van der Waals surface area (Å²) in [5, 5.41) is 10.7. The largest absolute Gasteiger partial charge is 0.274 e. The summed E-state index contributed by atoms with van der Waals surface area (Å²) < 4.78 is 25.9. The van der Waals surface area contributed by atoms with Crippen molar-refractivity contribution < 1.29 is 18.1 Å². The lowest BCUT2D eigenvalue weighted by Crippen LogP contribution is -2.36. The number of carbonyl (C=O) groups is 1. The normalized spacial score (nSPS) is 11.1. The number of nitro benzene ring substituents is 1. The fraction of sp³-hybridized carbons (Fsp3) is 0.214. The summed E-state index contributed by atoms with van der Waals surface area (Å²) in [6, 6.07) is 5.86. The molecule has 0 saturated heterocycles. The van der Waals surface area contributed by atoms with Crippen LogP contribution in [0, 0.1) is 24.0 Å². The van der Waals surface area contributed by atoms with E-state index < -0.39 is 20.9 Å². The summed E-state index contributed by atoms with van der Waals surface area (Å²) in [7, 11) is -4.29. The minimum Gasteiger partial charge on any atom is -0.274 e. The molecular formula is C14H14N4O5S. The first kappa shape index (κ1) is 17.5. The third kappa shape index (κ3) is 3.38. The lowest BCUT2D eigenvalue weighted by atomic mass is 10.3. The molecule has 0 aliphatic carbocycles. The highest BCUT2D eigenvalue weighted by atomic mass is 32.2. The molecule has 0 saturated carbocycles. The maximum Gasteiger partial charge on any atom is 0.273 e. The molecule has 2 rings (SSSR count). The zero-order valence-electron chi connectivity index (χ0n) is 13.1. The molecule has 0 radical (unpaired) electrons. The molecular weight excluding hydrogens is 336 g/mol. The van der Waals surface area contributed by atoms with Crippen LogP contribution in [0.3, 0.4) is 0 Å². The Morgan fingerprint density at radius 3 is 2.04 bits per heavy atom. The highest BCUT2D eigenvalue weighted by molar-refractivity contribution is 7.93. The van der Waals surface area contributed by atoms with E-state index in [0.717, 1.165) is 31.2 Å². The van der Waals surface area contributed by atoms with Crippen LogP contribution in [0.1, 0.15) is 18.3 Å². The highest BCUT2D eigenvalue weighted by Crippen LogP contribution is 2.23. The molecule has 2 aromatic rings. The first-order valence-corrected chi connectivity index (χ1v) is 8.19. The lowest BCUT2D eigenvalue weighted by Gasteiger charge is -2.19. The number of aryl methyl sites for hydroxylation is 2. The van der Waals surface area contributed by atoms with Crippen molar-refractivity contribution in [3.05, 3.63) is 51.8 Å². The van der Waals surface area contributed by atoms with Crippen LogP contribution in [-0.2, 0) is 14.8 Å². The topological polar surface area (TPSA) is 123 Å². The van der Waals surface area contributed by atoms with Crippen molar-refractivity contribution in [1.82, 2.24) is 9.97 Å². The van der Waals surface area contributed by atoms with E-state index in [2.05, 4.69) is 9.97 Å². The van der Waals surface area contributed by atoms with Crippen LogP contribution in [0.2, 0.25) is 0 Å². The Balaban J connectivity index is 2.57. The zero-order chi connectivity index (χ0) is 18.1. The van der Waals surface area contributed by atoms with Crippen molar-refractivity contribution in [2.75, 3.05) is 4.31 Å². The van der Waals surface area contributed by atoms with E-state index in [0.29, 0.717) is 15.7 Å². The van der Waals surface area contributed by atoms with Crippen molar-refractivity contribution in [2.24, 2.45) is 0 Å². The Hall–Kier alpha value is -2.88. The number of benzene rings is 1. The molecule has 1 heterocycles. The monoisotopic (exact) mass is 350 g/mol. The average Bonchev–Trinajstić information content (AvgIpc) is 2.45. The third-order valence-electron chi connectivity index (χ3n) is 3.02. The Morgan fingerprint density at radius 2 is 1.62 bits per heavy atom. The van der Waals surface area contributed by atoms with Crippen LogP contribution >= 0.6 is 0 Å². The van der Waals surface area contributed by atoms with Crippen LogP contribution in [-0.4, -0.2) is 29.2 Å². The summed E-state index contributed by atoms with van der Waals surface area (Å²) in [5.74, 6) is -1.06. The lowest BCUT2D eigenvalue weighted by molar-refractivity contribution is -0.384. The van der Waals surface area contributed by atoms with Gasteiger partial charge in [-0.1, -0.05) is 0 Å². The summed E-state index contributed by atoms with van der Waals surface area (Å²) in [6.07, 6.45) is 0. The van der Waals surface area contributed by atoms with E-state index in [1.54, 1.807) is 19.9 Å². The van der Waals surface area contributed by atoms with Gasteiger partial charge in [0.05, 0.1) is 9.82 Å². The predicted octanol–water partition coefficient (Wildman–Crippen LogP) is 1.74. The molecule has 0 N–H and O–H groups in total. The highest BCUT2D eigenvalue weighted by Gasteiger charge is 2.31. The summed E-state index contributed by atoms with van der Waals surface area (Å²) >= 11 is 0. The molecule has 0 fully saturated rings. The Morgan fingerprint density at radius 1 is 1.12 bits per heavy atom. The van der Waals surface area contributed by atoms with Gasteiger partial charge in [0.1, 0.15) is 0 Å². The molecule has 0 aliphatic heterocycles. The van der Waals surface area contributed by atoms with Gasteiger partial charge in [-0.15, -0.1) is 0 Å². The molecule has 9 nitrogen and oxygen atoms in total.